The van der Waals surface area contributed by atoms with Gasteiger partial charge in [-0.05, 0) is 44.2 Å². The molecule has 1 aromatic carbocycles. The van der Waals surface area contributed by atoms with Crippen molar-refractivity contribution in [1.29, 1.82) is 0 Å². The number of hydrogen-bond donors (Lipinski definition) is 1. The molecule has 1 fully saturated rings. The predicted molar refractivity (Wildman–Crippen MR) is 88.1 cm³/mol. The van der Waals surface area contributed by atoms with Gasteiger partial charge in [-0.25, -0.2) is 0 Å². The molecule has 20 heavy (non-hydrogen) atoms. The monoisotopic (exact) mass is 274 g/mol. The van der Waals surface area contributed by atoms with Gasteiger partial charge < -0.3 is 10.6 Å². The molecule has 0 bridgehead atoms. The molecule has 2 nitrogen and oxygen atoms in total. The molecule has 0 heterocycles. The Morgan fingerprint density at radius 2 is 1.90 bits per heavy atom. The summed E-state index contributed by atoms with van der Waals surface area (Å²) in [6.45, 7) is 6.39. The van der Waals surface area contributed by atoms with Gasteiger partial charge in [-0.15, -0.1) is 0 Å². The molecular weight excluding hydrogens is 244 g/mol. The molecule has 2 atom stereocenters. The number of para-hydroxylation sites is 1. The summed E-state index contributed by atoms with van der Waals surface area (Å²) in [4.78, 5) is 2.56. The van der Waals surface area contributed by atoms with Gasteiger partial charge in [0.05, 0.1) is 5.54 Å². The van der Waals surface area contributed by atoms with E-state index >= 15 is 0 Å². The quantitative estimate of drug-likeness (QED) is 0.815. The van der Waals surface area contributed by atoms with E-state index in [0.717, 1.165) is 19.0 Å². The third-order valence-electron chi connectivity index (χ3n) is 5.19. The standard InChI is InChI=1S/C18H30N2/c1-3-16-9-8-13-18(15-19,14-12-16)20(4-2)17-10-6-5-7-11-17/h5-7,10-11,16H,3-4,8-9,12-15,19H2,1-2H3. The van der Waals surface area contributed by atoms with Crippen LogP contribution >= 0.6 is 0 Å². The van der Waals surface area contributed by atoms with Gasteiger partial charge in [-0.1, -0.05) is 44.4 Å². The third kappa shape index (κ3) is 3.17. The second kappa shape index (κ2) is 7.12. The zero-order valence-corrected chi connectivity index (χ0v) is 13.1. The highest BCUT2D eigenvalue weighted by molar-refractivity contribution is 5.49. The maximum Gasteiger partial charge on any atom is 0.0524 e. The van der Waals surface area contributed by atoms with E-state index in [1.807, 2.05) is 0 Å². The summed E-state index contributed by atoms with van der Waals surface area (Å²) in [6.07, 6.45) is 7.83. The first-order chi connectivity index (χ1) is 9.75. The minimum absolute atomic E-state index is 0.167. The van der Waals surface area contributed by atoms with Crippen LogP contribution in [-0.4, -0.2) is 18.6 Å². The van der Waals surface area contributed by atoms with Gasteiger partial charge in [0.25, 0.3) is 0 Å². The molecule has 1 saturated carbocycles. The molecule has 2 unspecified atom stereocenters. The zero-order chi connectivity index (χ0) is 14.4. The van der Waals surface area contributed by atoms with E-state index in [1.165, 1.54) is 44.2 Å². The molecule has 0 aromatic heterocycles. The molecule has 0 spiro atoms. The van der Waals surface area contributed by atoms with Gasteiger partial charge in [0, 0.05) is 18.8 Å². The van der Waals surface area contributed by atoms with Crippen molar-refractivity contribution in [2.45, 2.75) is 57.9 Å². The zero-order valence-electron chi connectivity index (χ0n) is 13.1. The van der Waals surface area contributed by atoms with Crippen molar-refractivity contribution < 1.29 is 0 Å². The first-order valence-electron chi connectivity index (χ1n) is 8.28. The molecule has 2 N–H and O–H groups in total. The Morgan fingerprint density at radius 1 is 1.15 bits per heavy atom. The van der Waals surface area contributed by atoms with Crippen molar-refractivity contribution >= 4 is 5.69 Å². The predicted octanol–water partition coefficient (Wildman–Crippen LogP) is 4.20. The molecule has 0 amide bonds. The van der Waals surface area contributed by atoms with Crippen LogP contribution in [0.3, 0.4) is 0 Å². The van der Waals surface area contributed by atoms with Crippen LogP contribution in [0.5, 0.6) is 0 Å². The summed E-state index contributed by atoms with van der Waals surface area (Å²) in [6, 6.07) is 10.8. The van der Waals surface area contributed by atoms with Gasteiger partial charge in [0.15, 0.2) is 0 Å². The van der Waals surface area contributed by atoms with Crippen LogP contribution in [0.15, 0.2) is 30.3 Å². The Kier molecular flexibility index (Phi) is 5.47. The minimum atomic E-state index is 0.167. The number of hydrogen-bond acceptors (Lipinski definition) is 2. The molecule has 112 valence electrons. The highest BCUT2D eigenvalue weighted by Gasteiger charge is 2.36. The number of nitrogens with zero attached hydrogens (tertiary/aromatic N) is 1. The molecule has 2 heteroatoms. The summed E-state index contributed by atoms with van der Waals surface area (Å²) in [5.74, 6) is 0.901. The van der Waals surface area contributed by atoms with Crippen LogP contribution < -0.4 is 10.6 Å². The van der Waals surface area contributed by atoms with Gasteiger partial charge in [-0.3, -0.25) is 0 Å². The van der Waals surface area contributed by atoms with Gasteiger partial charge in [-0.2, -0.15) is 0 Å². The molecule has 1 aliphatic rings. The Morgan fingerprint density at radius 3 is 2.50 bits per heavy atom. The maximum atomic E-state index is 6.27. The minimum Gasteiger partial charge on any atom is -0.365 e. The van der Waals surface area contributed by atoms with Crippen LogP contribution in [0.25, 0.3) is 0 Å². The highest BCUT2D eigenvalue weighted by atomic mass is 15.2. The fourth-order valence-corrected chi connectivity index (χ4v) is 3.85. The van der Waals surface area contributed by atoms with Crippen molar-refractivity contribution in [3.05, 3.63) is 30.3 Å². The second-order valence-corrected chi connectivity index (χ2v) is 6.21. The Balaban J connectivity index is 2.24. The van der Waals surface area contributed by atoms with Crippen LogP contribution in [-0.2, 0) is 0 Å². The average Bonchev–Trinajstić information content (AvgIpc) is 2.72. The van der Waals surface area contributed by atoms with E-state index in [9.17, 15) is 0 Å². The van der Waals surface area contributed by atoms with Crippen molar-refractivity contribution in [2.75, 3.05) is 18.0 Å². The fourth-order valence-electron chi connectivity index (χ4n) is 3.85. The van der Waals surface area contributed by atoms with E-state index in [2.05, 4.69) is 49.1 Å². The van der Waals surface area contributed by atoms with Gasteiger partial charge in [0.1, 0.15) is 0 Å². The fraction of sp³-hybridized carbons (Fsp3) is 0.667. The summed E-state index contributed by atoms with van der Waals surface area (Å²) < 4.78 is 0. The van der Waals surface area contributed by atoms with Gasteiger partial charge >= 0.3 is 0 Å². The number of rotatable bonds is 5. The van der Waals surface area contributed by atoms with Crippen LogP contribution in [0.1, 0.15) is 52.4 Å². The Labute approximate surface area is 124 Å². The van der Waals surface area contributed by atoms with E-state index in [4.69, 9.17) is 5.73 Å². The van der Waals surface area contributed by atoms with Crippen LogP contribution in [0.4, 0.5) is 5.69 Å². The smallest absolute Gasteiger partial charge is 0.0524 e. The maximum absolute atomic E-state index is 6.27. The number of likely N-dealkylation sites (N-methyl/N-ethyl adjacent to an activating group) is 1. The first-order valence-corrected chi connectivity index (χ1v) is 8.28. The normalized spacial score (nSPS) is 27.1. The molecule has 1 aliphatic carbocycles. The van der Waals surface area contributed by atoms with Crippen molar-refractivity contribution in [1.82, 2.24) is 0 Å². The summed E-state index contributed by atoms with van der Waals surface area (Å²) in [5.41, 5.74) is 7.76. The van der Waals surface area contributed by atoms with E-state index in [1.54, 1.807) is 0 Å². The number of anilines is 1. The molecule has 2 rings (SSSR count). The molecule has 0 saturated heterocycles. The van der Waals surface area contributed by atoms with Crippen LogP contribution in [0, 0.1) is 5.92 Å². The summed E-state index contributed by atoms with van der Waals surface area (Å²) in [5, 5.41) is 0. The Bertz CT molecular complexity index is 390. The first kappa shape index (κ1) is 15.4. The molecule has 0 aliphatic heterocycles. The Hall–Kier alpha value is -1.02. The van der Waals surface area contributed by atoms with E-state index < -0.39 is 0 Å². The van der Waals surface area contributed by atoms with E-state index in [0.29, 0.717) is 0 Å². The average molecular weight is 274 g/mol. The number of benzene rings is 1. The van der Waals surface area contributed by atoms with Gasteiger partial charge in [0.2, 0.25) is 0 Å². The summed E-state index contributed by atoms with van der Waals surface area (Å²) >= 11 is 0. The van der Waals surface area contributed by atoms with Crippen molar-refractivity contribution in [3.8, 4) is 0 Å². The third-order valence-corrected chi connectivity index (χ3v) is 5.19. The molecule has 0 radical (unpaired) electrons. The number of nitrogens with two attached hydrogens (primary N) is 1. The van der Waals surface area contributed by atoms with Crippen molar-refractivity contribution in [3.63, 3.8) is 0 Å². The topological polar surface area (TPSA) is 29.3 Å². The lowest BCUT2D eigenvalue weighted by Gasteiger charge is -2.44. The largest absolute Gasteiger partial charge is 0.365 e. The van der Waals surface area contributed by atoms with E-state index in [-0.39, 0.29) is 5.54 Å². The lowest BCUT2D eigenvalue weighted by Crippen LogP contribution is -2.54. The highest BCUT2D eigenvalue weighted by Crippen LogP contribution is 2.37. The second-order valence-electron chi connectivity index (χ2n) is 6.21. The lowest BCUT2D eigenvalue weighted by molar-refractivity contribution is 0.342. The van der Waals surface area contributed by atoms with Crippen LogP contribution in [0.2, 0.25) is 0 Å². The summed E-state index contributed by atoms with van der Waals surface area (Å²) in [7, 11) is 0. The lowest BCUT2D eigenvalue weighted by atomic mass is 9.86. The van der Waals surface area contributed by atoms with Crippen molar-refractivity contribution in [2.24, 2.45) is 11.7 Å². The molecular formula is C18H30N2. The molecule has 1 aromatic rings. The SMILES string of the molecule is CCC1CCCC(CN)(N(CC)c2ccccc2)CC1.